The number of rotatable bonds is 8. The normalized spacial score (nSPS) is 16.2. The van der Waals surface area contributed by atoms with Gasteiger partial charge in [0.25, 0.3) is 0 Å². The van der Waals surface area contributed by atoms with Crippen LogP contribution in [0.1, 0.15) is 60.8 Å². The molecule has 104 valence electrons. The molecule has 0 aromatic heterocycles. The van der Waals surface area contributed by atoms with Crippen molar-refractivity contribution in [3.8, 4) is 0 Å². The van der Waals surface area contributed by atoms with Gasteiger partial charge < -0.3 is 5.32 Å². The van der Waals surface area contributed by atoms with E-state index in [-0.39, 0.29) is 0 Å². The van der Waals surface area contributed by atoms with Crippen molar-refractivity contribution in [2.24, 2.45) is 5.41 Å². The summed E-state index contributed by atoms with van der Waals surface area (Å²) in [6, 6.07) is 1.21. The van der Waals surface area contributed by atoms with Gasteiger partial charge in [-0.25, -0.2) is 0 Å². The molecule has 0 amide bonds. The summed E-state index contributed by atoms with van der Waals surface area (Å²) < 4.78 is 0. The molecule has 0 radical (unpaired) electrons. The molecule has 0 spiro atoms. The highest BCUT2D eigenvalue weighted by atomic mass is 15.2. The minimum atomic E-state index is 0.352. The third-order valence-electron chi connectivity index (χ3n) is 3.96. The second-order valence-corrected chi connectivity index (χ2v) is 6.47. The molecule has 0 heterocycles. The van der Waals surface area contributed by atoms with Gasteiger partial charge in [-0.3, -0.25) is 4.90 Å². The molecule has 0 aliphatic rings. The summed E-state index contributed by atoms with van der Waals surface area (Å²) in [5.41, 5.74) is 0.352. The summed E-state index contributed by atoms with van der Waals surface area (Å²) in [5.74, 6) is 0. The molecule has 0 saturated carbocycles. The van der Waals surface area contributed by atoms with Gasteiger partial charge in [-0.2, -0.15) is 0 Å². The fourth-order valence-electron chi connectivity index (χ4n) is 1.95. The quantitative estimate of drug-likeness (QED) is 0.655. The van der Waals surface area contributed by atoms with Gasteiger partial charge in [0.2, 0.25) is 0 Å². The second kappa shape index (κ2) is 8.10. The molecule has 2 unspecified atom stereocenters. The van der Waals surface area contributed by atoms with Crippen LogP contribution in [0.3, 0.4) is 0 Å². The average Bonchev–Trinajstić information content (AvgIpc) is 2.25. The van der Waals surface area contributed by atoms with E-state index in [0.29, 0.717) is 17.5 Å². The summed E-state index contributed by atoms with van der Waals surface area (Å²) in [6.45, 7) is 16.1. The Labute approximate surface area is 109 Å². The van der Waals surface area contributed by atoms with Gasteiger partial charge in [-0.05, 0) is 39.3 Å². The fourth-order valence-corrected chi connectivity index (χ4v) is 1.95. The summed E-state index contributed by atoms with van der Waals surface area (Å²) in [5, 5.41) is 3.57. The summed E-state index contributed by atoms with van der Waals surface area (Å²) in [6.07, 6.45) is 3.95. The van der Waals surface area contributed by atoms with E-state index < -0.39 is 0 Å². The van der Waals surface area contributed by atoms with Crippen LogP contribution in [0.15, 0.2) is 0 Å². The summed E-state index contributed by atoms with van der Waals surface area (Å²) in [7, 11) is 2.24. The van der Waals surface area contributed by atoms with E-state index >= 15 is 0 Å². The molecule has 0 aromatic rings. The molecule has 0 aliphatic heterocycles. The predicted molar refractivity (Wildman–Crippen MR) is 78.5 cm³/mol. The molecule has 0 aliphatic carbocycles. The first-order chi connectivity index (χ1) is 7.80. The molecule has 2 atom stereocenters. The number of nitrogens with zero attached hydrogens (tertiary/aromatic N) is 1. The number of hydrogen-bond donors (Lipinski definition) is 1. The smallest absolute Gasteiger partial charge is 0.0192 e. The van der Waals surface area contributed by atoms with Crippen LogP contribution in [-0.4, -0.2) is 37.1 Å². The van der Waals surface area contributed by atoms with E-state index in [1.807, 2.05) is 0 Å². The fraction of sp³-hybridized carbons (Fsp3) is 1.00. The van der Waals surface area contributed by atoms with Crippen molar-refractivity contribution in [3.05, 3.63) is 0 Å². The Morgan fingerprint density at radius 2 is 1.71 bits per heavy atom. The Bertz CT molecular complexity index is 184. The number of nitrogens with one attached hydrogen (secondary N) is 1. The molecule has 0 rings (SSSR count). The van der Waals surface area contributed by atoms with Crippen molar-refractivity contribution in [2.75, 3.05) is 20.1 Å². The van der Waals surface area contributed by atoms with E-state index in [9.17, 15) is 0 Å². The predicted octanol–water partition coefficient (Wildman–Crippen LogP) is 3.52. The lowest BCUT2D eigenvalue weighted by molar-refractivity contribution is 0.104. The molecule has 1 N–H and O–H groups in total. The standard InChI is InChI=1S/C15H34N2/c1-8-9-10-11-16-12-13(2)17(7)14(3)15(4,5)6/h13-14,16H,8-12H2,1-7H3. The molecule has 0 saturated heterocycles. The minimum Gasteiger partial charge on any atom is -0.315 e. The lowest BCUT2D eigenvalue weighted by Gasteiger charge is -2.39. The maximum absolute atomic E-state index is 3.57. The highest BCUT2D eigenvalue weighted by Gasteiger charge is 2.26. The van der Waals surface area contributed by atoms with Gasteiger partial charge in [-0.15, -0.1) is 0 Å². The van der Waals surface area contributed by atoms with Gasteiger partial charge in [-0.1, -0.05) is 40.5 Å². The maximum Gasteiger partial charge on any atom is 0.0192 e. The summed E-state index contributed by atoms with van der Waals surface area (Å²) >= 11 is 0. The Morgan fingerprint density at radius 1 is 1.12 bits per heavy atom. The van der Waals surface area contributed by atoms with E-state index in [1.165, 1.54) is 19.3 Å². The Hall–Kier alpha value is -0.0800. The number of unbranched alkanes of at least 4 members (excludes halogenated alkanes) is 2. The summed E-state index contributed by atoms with van der Waals surface area (Å²) in [4.78, 5) is 2.49. The minimum absolute atomic E-state index is 0.352. The van der Waals surface area contributed by atoms with Gasteiger partial charge in [0.1, 0.15) is 0 Å². The van der Waals surface area contributed by atoms with Crippen LogP contribution in [-0.2, 0) is 0 Å². The van der Waals surface area contributed by atoms with Crippen molar-refractivity contribution in [2.45, 2.75) is 72.9 Å². The first-order valence-electron chi connectivity index (χ1n) is 7.23. The molecule has 2 nitrogen and oxygen atoms in total. The van der Waals surface area contributed by atoms with Crippen LogP contribution in [0.25, 0.3) is 0 Å². The van der Waals surface area contributed by atoms with Gasteiger partial charge in [0.05, 0.1) is 0 Å². The monoisotopic (exact) mass is 242 g/mol. The highest BCUT2D eigenvalue weighted by Crippen LogP contribution is 2.24. The van der Waals surface area contributed by atoms with E-state index in [1.54, 1.807) is 0 Å². The van der Waals surface area contributed by atoms with Crippen molar-refractivity contribution in [3.63, 3.8) is 0 Å². The van der Waals surface area contributed by atoms with Gasteiger partial charge >= 0.3 is 0 Å². The lowest BCUT2D eigenvalue weighted by Crippen LogP contribution is -2.47. The third-order valence-corrected chi connectivity index (χ3v) is 3.96. The molecule has 0 aromatic carbocycles. The SMILES string of the molecule is CCCCCNCC(C)N(C)C(C)C(C)(C)C. The molecule has 2 heteroatoms. The number of likely N-dealkylation sites (N-methyl/N-ethyl adjacent to an activating group) is 1. The Balaban J connectivity index is 3.85. The van der Waals surface area contributed by atoms with Crippen molar-refractivity contribution in [1.82, 2.24) is 10.2 Å². The van der Waals surface area contributed by atoms with Crippen LogP contribution < -0.4 is 5.32 Å². The second-order valence-electron chi connectivity index (χ2n) is 6.47. The van der Waals surface area contributed by atoms with Crippen LogP contribution in [0.5, 0.6) is 0 Å². The number of hydrogen-bond acceptors (Lipinski definition) is 2. The zero-order chi connectivity index (χ0) is 13.5. The van der Waals surface area contributed by atoms with Crippen LogP contribution in [0, 0.1) is 5.41 Å². The van der Waals surface area contributed by atoms with Crippen LogP contribution in [0.4, 0.5) is 0 Å². The van der Waals surface area contributed by atoms with Crippen molar-refractivity contribution < 1.29 is 0 Å². The third kappa shape index (κ3) is 7.05. The van der Waals surface area contributed by atoms with Crippen LogP contribution in [0.2, 0.25) is 0 Å². The molecular weight excluding hydrogens is 208 g/mol. The molecular formula is C15H34N2. The van der Waals surface area contributed by atoms with Gasteiger partial charge in [0, 0.05) is 18.6 Å². The lowest BCUT2D eigenvalue weighted by atomic mass is 9.86. The Morgan fingerprint density at radius 3 is 2.18 bits per heavy atom. The average molecular weight is 242 g/mol. The van der Waals surface area contributed by atoms with E-state index in [0.717, 1.165) is 13.1 Å². The molecule has 17 heavy (non-hydrogen) atoms. The Kier molecular flexibility index (Phi) is 8.06. The van der Waals surface area contributed by atoms with Gasteiger partial charge in [0.15, 0.2) is 0 Å². The first kappa shape index (κ1) is 16.9. The largest absolute Gasteiger partial charge is 0.315 e. The van der Waals surface area contributed by atoms with Crippen molar-refractivity contribution >= 4 is 0 Å². The highest BCUT2D eigenvalue weighted by molar-refractivity contribution is 4.81. The zero-order valence-corrected chi connectivity index (χ0v) is 13.1. The maximum atomic E-state index is 3.57. The van der Waals surface area contributed by atoms with E-state index in [4.69, 9.17) is 0 Å². The van der Waals surface area contributed by atoms with E-state index in [2.05, 4.69) is 58.8 Å². The zero-order valence-electron chi connectivity index (χ0n) is 13.1. The first-order valence-corrected chi connectivity index (χ1v) is 7.23. The topological polar surface area (TPSA) is 15.3 Å². The van der Waals surface area contributed by atoms with Crippen LogP contribution >= 0.6 is 0 Å². The molecule has 0 bridgehead atoms. The molecule has 0 fully saturated rings. The van der Waals surface area contributed by atoms with Crippen molar-refractivity contribution in [1.29, 1.82) is 0 Å².